The van der Waals surface area contributed by atoms with Gasteiger partial charge in [-0.05, 0) is 76.0 Å². The third-order valence-corrected chi connectivity index (χ3v) is 9.08. The molecule has 1 aliphatic heterocycles. The largest absolute Gasteiger partial charge is 0.398 e. The van der Waals surface area contributed by atoms with Crippen LogP contribution >= 0.6 is 11.8 Å². The fourth-order valence-corrected chi connectivity index (χ4v) is 6.47. The molecule has 3 atom stereocenters. The fraction of sp³-hybridized carbons (Fsp3) is 0.619. The molecule has 5 rings (SSSR count). The molecule has 1 aromatic rings. The Morgan fingerprint density at radius 2 is 1.94 bits per heavy atom. The van der Waals surface area contributed by atoms with Gasteiger partial charge in [0, 0.05) is 16.8 Å². The number of amides is 1. The number of hydrogen-bond donors (Lipinski definition) is 4. The first-order valence-electron chi connectivity index (χ1n) is 10.4. The number of aromatic nitrogens is 1. The number of fused-ring (bicyclic) bond motifs is 3. The normalized spacial score (nSPS) is 25.4. The molecule has 3 unspecified atom stereocenters. The predicted molar refractivity (Wildman–Crippen MR) is 123 cm³/mol. The van der Waals surface area contributed by atoms with Crippen LogP contribution in [-0.4, -0.2) is 37.7 Å². The minimum atomic E-state index is -1.64. The van der Waals surface area contributed by atoms with E-state index < -0.39 is 28.0 Å². The lowest BCUT2D eigenvalue weighted by molar-refractivity contribution is -0.106. The highest BCUT2D eigenvalue weighted by Crippen LogP contribution is 2.57. The summed E-state index contributed by atoms with van der Waals surface area (Å²) in [7, 11) is -1.64. The van der Waals surface area contributed by atoms with Crippen molar-refractivity contribution < 1.29 is 18.5 Å². The summed E-state index contributed by atoms with van der Waals surface area (Å²) in [4.78, 5) is 13.5. The summed E-state index contributed by atoms with van der Waals surface area (Å²) >= 11 is 1.04. The van der Waals surface area contributed by atoms with Crippen molar-refractivity contribution in [3.05, 3.63) is 32.8 Å². The first-order valence-corrected chi connectivity index (χ1v) is 12.5. The summed E-state index contributed by atoms with van der Waals surface area (Å²) in [6.07, 6.45) is 8.94. The summed E-state index contributed by atoms with van der Waals surface area (Å²) in [5.41, 5.74) is 16.4. The quantitative estimate of drug-likeness (QED) is 0.486. The number of aliphatic hydroxyl groups is 1. The summed E-state index contributed by atoms with van der Waals surface area (Å²) in [6.45, 7) is 3.04. The number of nitrogen functional groups attached to an aromatic ring is 1. The van der Waals surface area contributed by atoms with Crippen LogP contribution in [0.15, 0.2) is 10.3 Å². The van der Waals surface area contributed by atoms with Crippen LogP contribution in [0.5, 0.6) is 0 Å². The van der Waals surface area contributed by atoms with E-state index >= 15 is 0 Å². The van der Waals surface area contributed by atoms with E-state index in [1.54, 1.807) is 0 Å². The zero-order valence-electron chi connectivity index (χ0n) is 17.9. The molecule has 0 bridgehead atoms. The molecule has 0 aromatic carbocycles. The van der Waals surface area contributed by atoms with Crippen LogP contribution in [0.1, 0.15) is 62.0 Å². The third kappa shape index (κ3) is 4.97. The van der Waals surface area contributed by atoms with Crippen molar-refractivity contribution in [2.75, 3.05) is 5.73 Å². The SMILES string of the molecule is CC(C)(O)C1SC(S(N)=O)=CC1F.NC=O.Nc1c2c(nc3c1CCC31CC1)CCC2. The molecule has 172 valence electrons. The molecule has 3 aliphatic carbocycles. The van der Waals surface area contributed by atoms with Gasteiger partial charge in [0.1, 0.15) is 17.2 Å². The number of carbonyl (C=O) groups excluding carboxylic acids is 1. The van der Waals surface area contributed by atoms with Gasteiger partial charge in [0.05, 0.1) is 20.8 Å². The molecule has 1 amide bonds. The van der Waals surface area contributed by atoms with Crippen molar-refractivity contribution >= 4 is 34.8 Å². The molecule has 1 fully saturated rings. The summed E-state index contributed by atoms with van der Waals surface area (Å²) < 4.78 is 24.4. The van der Waals surface area contributed by atoms with E-state index in [9.17, 15) is 13.7 Å². The number of allylic oxidation sites excluding steroid dienone is 1. The van der Waals surface area contributed by atoms with Gasteiger partial charge in [-0.1, -0.05) is 0 Å². The van der Waals surface area contributed by atoms with Crippen LogP contribution < -0.4 is 16.6 Å². The molecular weight excluding hydrogens is 439 g/mol. The molecular formula is C21H31FN4O3S2. The minimum absolute atomic E-state index is 0.250. The molecule has 1 spiro atoms. The second-order valence-corrected chi connectivity index (χ2v) is 11.4. The molecule has 1 aromatic heterocycles. The third-order valence-electron chi connectivity index (χ3n) is 6.30. The Morgan fingerprint density at radius 3 is 2.42 bits per heavy atom. The van der Waals surface area contributed by atoms with E-state index in [0.29, 0.717) is 9.65 Å². The van der Waals surface area contributed by atoms with Crippen LogP contribution in [0.3, 0.4) is 0 Å². The van der Waals surface area contributed by atoms with Crippen LogP contribution in [-0.2, 0) is 40.5 Å². The number of halogens is 1. The van der Waals surface area contributed by atoms with Gasteiger partial charge in [-0.25, -0.2) is 13.7 Å². The van der Waals surface area contributed by atoms with E-state index in [0.717, 1.165) is 30.3 Å². The molecule has 0 radical (unpaired) electrons. The summed E-state index contributed by atoms with van der Waals surface area (Å²) in [5, 5.41) is 14.0. The van der Waals surface area contributed by atoms with Crippen molar-refractivity contribution in [2.24, 2.45) is 10.9 Å². The highest BCUT2D eigenvalue weighted by Gasteiger charge is 2.51. The highest BCUT2D eigenvalue weighted by atomic mass is 32.2. The van der Waals surface area contributed by atoms with E-state index in [4.69, 9.17) is 20.7 Å². The van der Waals surface area contributed by atoms with Gasteiger partial charge in [0.15, 0.2) is 0 Å². The molecule has 0 saturated heterocycles. The van der Waals surface area contributed by atoms with Crippen LogP contribution in [0, 0.1) is 0 Å². The lowest BCUT2D eigenvalue weighted by Crippen LogP contribution is -2.37. The molecule has 7 N–H and O–H groups in total. The molecule has 10 heteroatoms. The average Bonchev–Trinajstić information content (AvgIpc) is 3.02. The number of pyridine rings is 1. The summed E-state index contributed by atoms with van der Waals surface area (Å²) in [6, 6.07) is 0. The highest BCUT2D eigenvalue weighted by molar-refractivity contribution is 8.16. The van der Waals surface area contributed by atoms with Crippen LogP contribution in [0.25, 0.3) is 0 Å². The average molecular weight is 471 g/mol. The Kier molecular flexibility index (Phi) is 7.15. The van der Waals surface area contributed by atoms with Crippen molar-refractivity contribution in [3.8, 4) is 0 Å². The molecule has 1 saturated carbocycles. The van der Waals surface area contributed by atoms with Gasteiger partial charge < -0.3 is 16.6 Å². The minimum Gasteiger partial charge on any atom is -0.398 e. The first kappa shape index (κ1) is 24.2. The van der Waals surface area contributed by atoms with Gasteiger partial charge in [0.2, 0.25) is 6.41 Å². The zero-order valence-corrected chi connectivity index (χ0v) is 19.5. The second-order valence-electron chi connectivity index (χ2n) is 8.97. The standard InChI is InChI=1S/C13H16N2.C7H12FNO2S2.CH3NO/c14-11-8-2-1-3-10(8)15-12-9(11)4-5-13(12)6-7-13;1-7(2,10)6-4(8)3-5(12-6)13(9)11;2-1-3/h1-7H2,(H2,14,15);3-4,6,10H,9H2,1-2H3;1H,(H2,2,3). The maximum absolute atomic E-state index is 13.2. The van der Waals surface area contributed by atoms with Gasteiger partial charge >= 0.3 is 0 Å². The Bertz CT molecular complexity index is 913. The Morgan fingerprint density at radius 1 is 1.29 bits per heavy atom. The Balaban J connectivity index is 0.000000158. The number of nitrogens with two attached hydrogens (primary N) is 3. The maximum Gasteiger partial charge on any atom is 0.204 e. The number of nitrogens with zero attached hydrogens (tertiary/aromatic N) is 1. The monoisotopic (exact) mass is 470 g/mol. The van der Waals surface area contributed by atoms with E-state index in [1.807, 2.05) is 0 Å². The van der Waals surface area contributed by atoms with Gasteiger partial charge in [-0.2, -0.15) is 0 Å². The summed E-state index contributed by atoms with van der Waals surface area (Å²) in [5.74, 6) is 0. The lowest BCUT2D eigenvalue weighted by atomic mass is 10.0. The predicted octanol–water partition coefficient (Wildman–Crippen LogP) is 1.91. The Labute approximate surface area is 189 Å². The van der Waals surface area contributed by atoms with E-state index in [1.165, 1.54) is 74.5 Å². The van der Waals surface area contributed by atoms with Crippen molar-refractivity contribution in [3.63, 3.8) is 0 Å². The van der Waals surface area contributed by atoms with Gasteiger partial charge in [-0.15, -0.1) is 11.8 Å². The number of carbonyl (C=O) groups is 1. The lowest BCUT2D eigenvalue weighted by Gasteiger charge is -2.26. The van der Waals surface area contributed by atoms with Crippen LogP contribution in [0.4, 0.5) is 10.1 Å². The number of anilines is 1. The zero-order chi connectivity index (χ0) is 23.0. The molecule has 7 nitrogen and oxygen atoms in total. The number of aryl methyl sites for hydroxylation is 1. The van der Waals surface area contributed by atoms with Gasteiger partial charge in [0.25, 0.3) is 0 Å². The number of alkyl halides is 1. The fourth-order valence-electron chi connectivity index (χ4n) is 4.56. The topological polar surface area (TPSA) is 145 Å². The van der Waals surface area contributed by atoms with Crippen molar-refractivity contribution in [2.45, 2.75) is 81.2 Å². The second kappa shape index (κ2) is 9.17. The number of primary amides is 1. The molecule has 4 aliphatic rings. The number of thioether (sulfide) groups is 1. The number of hydrogen-bond acceptors (Lipinski definition) is 6. The smallest absolute Gasteiger partial charge is 0.204 e. The van der Waals surface area contributed by atoms with E-state index in [2.05, 4.69) is 5.73 Å². The van der Waals surface area contributed by atoms with E-state index in [-0.39, 0.29) is 6.41 Å². The Hall–Kier alpha value is -1.49. The molecule has 2 heterocycles. The van der Waals surface area contributed by atoms with Crippen molar-refractivity contribution in [1.29, 1.82) is 0 Å². The van der Waals surface area contributed by atoms with Gasteiger partial charge in [-0.3, -0.25) is 9.78 Å². The molecule has 31 heavy (non-hydrogen) atoms. The first-order chi connectivity index (χ1) is 14.5. The van der Waals surface area contributed by atoms with Crippen molar-refractivity contribution in [1.82, 2.24) is 4.98 Å². The van der Waals surface area contributed by atoms with Crippen LogP contribution in [0.2, 0.25) is 0 Å². The maximum atomic E-state index is 13.2. The number of rotatable bonds is 2.